The van der Waals surface area contributed by atoms with Crippen molar-refractivity contribution in [2.45, 2.75) is 27.2 Å². The fraction of sp³-hybridized carbons (Fsp3) is 0.375. The van der Waals surface area contributed by atoms with Crippen LogP contribution in [0.4, 0.5) is 5.69 Å². The molecule has 0 spiro atoms. The van der Waals surface area contributed by atoms with E-state index >= 15 is 0 Å². The molecule has 1 aliphatic heterocycles. The minimum absolute atomic E-state index is 0.112. The van der Waals surface area contributed by atoms with Crippen LogP contribution in [0.25, 0.3) is 0 Å². The first kappa shape index (κ1) is 13.4. The zero-order valence-corrected chi connectivity index (χ0v) is 11.6. The Hall–Kier alpha value is -2.08. The summed E-state index contributed by atoms with van der Waals surface area (Å²) in [5.74, 6) is -0.112. The van der Waals surface area contributed by atoms with Gasteiger partial charge < -0.3 is 4.90 Å². The van der Waals surface area contributed by atoms with Crippen molar-refractivity contribution < 1.29 is 4.79 Å². The van der Waals surface area contributed by atoms with Gasteiger partial charge >= 0.3 is 0 Å². The number of carbonyl (C=O) groups is 1. The fourth-order valence-electron chi connectivity index (χ4n) is 2.20. The second-order valence-corrected chi connectivity index (χ2v) is 5.81. The van der Waals surface area contributed by atoms with Crippen LogP contribution in [0.5, 0.6) is 0 Å². The maximum Gasteiger partial charge on any atom is 0.180 e. The third kappa shape index (κ3) is 2.68. The lowest BCUT2D eigenvalue weighted by Crippen LogP contribution is -2.24. The van der Waals surface area contributed by atoms with Crippen molar-refractivity contribution in [2.75, 3.05) is 11.4 Å². The largest absolute Gasteiger partial charge is 0.346 e. The number of allylic oxidation sites excluding steroid dienone is 1. The number of fused-ring (bicyclic) bond motifs is 1. The van der Waals surface area contributed by atoms with Crippen LogP contribution in [0.15, 0.2) is 36.0 Å². The summed E-state index contributed by atoms with van der Waals surface area (Å²) in [6.07, 6.45) is 2.65. The number of hydrogen-bond donors (Lipinski definition) is 0. The molecule has 1 aliphatic rings. The summed E-state index contributed by atoms with van der Waals surface area (Å²) in [4.78, 5) is 14.2. The van der Waals surface area contributed by atoms with E-state index < -0.39 is 5.41 Å². The van der Waals surface area contributed by atoms with Crippen molar-refractivity contribution >= 4 is 11.5 Å². The van der Waals surface area contributed by atoms with E-state index in [1.54, 1.807) is 6.20 Å². The van der Waals surface area contributed by atoms with Crippen molar-refractivity contribution in [1.82, 2.24) is 0 Å². The molecule has 0 fully saturated rings. The van der Waals surface area contributed by atoms with Gasteiger partial charge in [-0.3, -0.25) is 4.79 Å². The van der Waals surface area contributed by atoms with Crippen LogP contribution in [0, 0.1) is 16.7 Å². The zero-order chi connectivity index (χ0) is 14.0. The van der Waals surface area contributed by atoms with E-state index in [0.29, 0.717) is 0 Å². The molecule has 19 heavy (non-hydrogen) atoms. The van der Waals surface area contributed by atoms with E-state index in [2.05, 4.69) is 6.07 Å². The molecule has 3 nitrogen and oxygen atoms in total. The van der Waals surface area contributed by atoms with Gasteiger partial charge in [-0.25, -0.2) is 0 Å². The lowest BCUT2D eigenvalue weighted by molar-refractivity contribution is -0.122. The van der Waals surface area contributed by atoms with Crippen LogP contribution in [0.3, 0.4) is 0 Å². The van der Waals surface area contributed by atoms with Gasteiger partial charge in [0.2, 0.25) is 0 Å². The van der Waals surface area contributed by atoms with Crippen LogP contribution >= 0.6 is 0 Å². The number of para-hydroxylation sites is 1. The van der Waals surface area contributed by atoms with E-state index in [-0.39, 0.29) is 11.4 Å². The summed E-state index contributed by atoms with van der Waals surface area (Å²) < 4.78 is 0. The summed E-state index contributed by atoms with van der Waals surface area (Å²) in [6.45, 7) is 6.32. The molecular formula is C16H18N2O. The molecule has 3 heteroatoms. The third-order valence-electron chi connectivity index (χ3n) is 3.25. The second-order valence-electron chi connectivity index (χ2n) is 5.81. The number of nitriles is 1. The van der Waals surface area contributed by atoms with Gasteiger partial charge in [0.05, 0.1) is 0 Å². The Kier molecular flexibility index (Phi) is 3.44. The van der Waals surface area contributed by atoms with Gasteiger partial charge in [-0.05, 0) is 18.1 Å². The molecule has 0 amide bonds. The highest BCUT2D eigenvalue weighted by molar-refractivity contribution is 6.02. The standard InChI is InChI=1S/C16H18N2O/c1-16(2,3)15(19)13(10-17)11-18-9-8-12-6-4-5-7-14(12)18/h4-7,11H,8-9H2,1-3H3/b13-11-. The predicted molar refractivity (Wildman–Crippen MR) is 75.7 cm³/mol. The van der Waals surface area contributed by atoms with Gasteiger partial charge in [0, 0.05) is 23.8 Å². The van der Waals surface area contributed by atoms with Crippen LogP contribution in [-0.2, 0) is 11.2 Å². The molecule has 98 valence electrons. The molecule has 0 bridgehead atoms. The summed E-state index contributed by atoms with van der Waals surface area (Å²) >= 11 is 0. The Morgan fingerprint density at radius 2 is 2.05 bits per heavy atom. The van der Waals surface area contributed by atoms with Crippen molar-refractivity contribution in [3.8, 4) is 6.07 Å². The number of anilines is 1. The Balaban J connectivity index is 2.32. The molecule has 0 aromatic heterocycles. The molecule has 1 heterocycles. The molecule has 0 radical (unpaired) electrons. The number of carbonyl (C=O) groups excluding carboxylic acids is 1. The normalized spacial score (nSPS) is 15.1. The number of hydrogen-bond acceptors (Lipinski definition) is 3. The highest BCUT2D eigenvalue weighted by Gasteiger charge is 2.26. The van der Waals surface area contributed by atoms with Gasteiger partial charge in [0.1, 0.15) is 11.6 Å². The first-order valence-corrected chi connectivity index (χ1v) is 6.45. The van der Waals surface area contributed by atoms with Crippen molar-refractivity contribution in [3.05, 3.63) is 41.6 Å². The van der Waals surface area contributed by atoms with Gasteiger partial charge in [0.25, 0.3) is 0 Å². The van der Waals surface area contributed by atoms with E-state index in [1.807, 2.05) is 49.9 Å². The van der Waals surface area contributed by atoms with Crippen LogP contribution in [-0.4, -0.2) is 12.3 Å². The van der Waals surface area contributed by atoms with Crippen LogP contribution in [0.2, 0.25) is 0 Å². The number of ketones is 1. The van der Waals surface area contributed by atoms with E-state index in [0.717, 1.165) is 18.7 Å². The van der Waals surface area contributed by atoms with Crippen molar-refractivity contribution in [3.63, 3.8) is 0 Å². The number of Topliss-reactive ketones (excluding diaryl/α,β-unsaturated/α-hetero) is 1. The summed E-state index contributed by atoms with van der Waals surface area (Å²) in [5.41, 5.74) is 2.06. The lowest BCUT2D eigenvalue weighted by atomic mass is 9.87. The van der Waals surface area contributed by atoms with Gasteiger partial charge in [-0.15, -0.1) is 0 Å². The van der Waals surface area contributed by atoms with Crippen molar-refractivity contribution in [2.24, 2.45) is 5.41 Å². The first-order chi connectivity index (χ1) is 8.93. The minimum Gasteiger partial charge on any atom is -0.346 e. The van der Waals surface area contributed by atoms with Gasteiger partial charge in [0.15, 0.2) is 5.78 Å². The smallest absolute Gasteiger partial charge is 0.180 e. The SMILES string of the molecule is CC(C)(C)C(=O)/C(C#N)=C\N1CCc2ccccc21. The van der Waals surface area contributed by atoms with Crippen LogP contribution < -0.4 is 4.90 Å². The fourth-order valence-corrected chi connectivity index (χ4v) is 2.20. The maximum absolute atomic E-state index is 12.2. The number of rotatable bonds is 2. The quantitative estimate of drug-likeness (QED) is 0.602. The highest BCUT2D eigenvalue weighted by atomic mass is 16.1. The highest BCUT2D eigenvalue weighted by Crippen LogP contribution is 2.29. The van der Waals surface area contributed by atoms with E-state index in [4.69, 9.17) is 0 Å². The molecule has 2 rings (SSSR count). The number of benzene rings is 1. The zero-order valence-electron chi connectivity index (χ0n) is 11.6. The van der Waals surface area contributed by atoms with Crippen LogP contribution in [0.1, 0.15) is 26.3 Å². The Morgan fingerprint density at radius 1 is 1.37 bits per heavy atom. The van der Waals surface area contributed by atoms with E-state index in [1.165, 1.54) is 5.56 Å². The third-order valence-corrected chi connectivity index (χ3v) is 3.25. The molecule has 0 unspecified atom stereocenters. The minimum atomic E-state index is -0.527. The molecule has 1 aromatic rings. The summed E-state index contributed by atoms with van der Waals surface area (Å²) in [5, 5.41) is 9.20. The first-order valence-electron chi connectivity index (χ1n) is 6.45. The Labute approximate surface area is 114 Å². The molecular weight excluding hydrogens is 236 g/mol. The molecule has 0 saturated heterocycles. The molecule has 0 saturated carbocycles. The average Bonchev–Trinajstić information content (AvgIpc) is 2.77. The maximum atomic E-state index is 12.2. The summed E-state index contributed by atoms with van der Waals surface area (Å²) in [6, 6.07) is 10.1. The second kappa shape index (κ2) is 4.89. The van der Waals surface area contributed by atoms with E-state index in [9.17, 15) is 10.1 Å². The molecule has 1 aromatic carbocycles. The lowest BCUT2D eigenvalue weighted by Gasteiger charge is -2.18. The van der Waals surface area contributed by atoms with Crippen molar-refractivity contribution in [1.29, 1.82) is 5.26 Å². The Morgan fingerprint density at radius 3 is 2.68 bits per heavy atom. The average molecular weight is 254 g/mol. The molecule has 0 atom stereocenters. The number of nitrogens with zero attached hydrogens (tertiary/aromatic N) is 2. The monoisotopic (exact) mass is 254 g/mol. The van der Waals surface area contributed by atoms with Gasteiger partial charge in [-0.2, -0.15) is 5.26 Å². The predicted octanol–water partition coefficient (Wildman–Crippen LogP) is 3.07. The Bertz CT molecular complexity index is 573. The summed E-state index contributed by atoms with van der Waals surface area (Å²) in [7, 11) is 0. The topological polar surface area (TPSA) is 44.1 Å². The molecule has 0 N–H and O–H groups in total. The molecule has 0 aliphatic carbocycles. The van der Waals surface area contributed by atoms with Gasteiger partial charge in [-0.1, -0.05) is 39.0 Å².